The largest absolute Gasteiger partial charge is 0.295 e. The van der Waals surface area contributed by atoms with Crippen LogP contribution < -0.4 is 0 Å². The Morgan fingerprint density at radius 1 is 1.38 bits per heavy atom. The maximum Gasteiger partial charge on any atom is 0.159 e. The topological polar surface area (TPSA) is 30.0 Å². The molecule has 0 aliphatic rings. The van der Waals surface area contributed by atoms with Gasteiger partial charge in [0.05, 0.1) is 5.75 Å². The smallest absolute Gasteiger partial charge is 0.159 e. The van der Waals surface area contributed by atoms with Crippen LogP contribution in [0.15, 0.2) is 40.7 Å². The molecule has 2 rings (SSSR count). The first-order valence-electron chi connectivity index (χ1n) is 4.88. The Bertz CT molecular complexity index is 462. The number of carbonyl (C=O) groups excluding carboxylic acids is 1. The maximum absolute atomic E-state index is 11.1. The summed E-state index contributed by atoms with van der Waals surface area (Å²) in [6.45, 7) is 1.58. The van der Waals surface area contributed by atoms with Gasteiger partial charge in [-0.05, 0) is 19.1 Å². The Balaban J connectivity index is 1.98. The summed E-state index contributed by atoms with van der Waals surface area (Å²) in [6, 6.07) is 7.70. The molecular formula is C12H11NOS2. The van der Waals surface area contributed by atoms with Gasteiger partial charge in [-0.3, -0.25) is 4.79 Å². The van der Waals surface area contributed by atoms with Crippen LogP contribution in [-0.4, -0.2) is 10.8 Å². The van der Waals surface area contributed by atoms with E-state index in [1.54, 1.807) is 30.0 Å². The monoisotopic (exact) mass is 249 g/mol. The number of hydrogen-bond acceptors (Lipinski definition) is 4. The van der Waals surface area contributed by atoms with Crippen LogP contribution in [-0.2, 0) is 5.75 Å². The molecular weight excluding hydrogens is 238 g/mol. The van der Waals surface area contributed by atoms with Crippen LogP contribution in [0, 0.1) is 0 Å². The summed E-state index contributed by atoms with van der Waals surface area (Å²) in [6.07, 6.45) is 1.82. The van der Waals surface area contributed by atoms with Gasteiger partial charge in [0.1, 0.15) is 5.01 Å². The van der Waals surface area contributed by atoms with Crippen molar-refractivity contribution in [1.82, 2.24) is 4.98 Å². The molecule has 0 saturated carbocycles. The molecule has 0 bridgehead atoms. The number of benzene rings is 1. The molecule has 2 aromatic rings. The summed E-state index contributed by atoms with van der Waals surface area (Å²) in [5, 5.41) is 3.11. The number of rotatable bonds is 4. The summed E-state index contributed by atoms with van der Waals surface area (Å²) in [5.74, 6) is 0.994. The van der Waals surface area contributed by atoms with Crippen molar-refractivity contribution in [3.63, 3.8) is 0 Å². The molecule has 2 nitrogen and oxygen atoms in total. The molecule has 0 spiro atoms. The SMILES string of the molecule is CC(=O)c1ccc(SCc2nccs2)cc1. The van der Waals surface area contributed by atoms with E-state index in [4.69, 9.17) is 0 Å². The van der Waals surface area contributed by atoms with Crippen LogP contribution in [0.3, 0.4) is 0 Å². The molecule has 4 heteroatoms. The molecule has 0 radical (unpaired) electrons. The number of carbonyl (C=O) groups is 1. The van der Waals surface area contributed by atoms with Gasteiger partial charge in [-0.25, -0.2) is 4.98 Å². The average Bonchev–Trinajstić information content (AvgIpc) is 2.80. The number of aromatic nitrogens is 1. The first kappa shape index (κ1) is 11.4. The molecule has 0 unspecified atom stereocenters. The standard InChI is InChI=1S/C12H11NOS2/c1-9(14)10-2-4-11(5-3-10)16-8-12-13-6-7-15-12/h2-7H,8H2,1H3. The highest BCUT2D eigenvalue weighted by atomic mass is 32.2. The van der Waals surface area contributed by atoms with Crippen LogP contribution in [0.25, 0.3) is 0 Å². The summed E-state index contributed by atoms with van der Waals surface area (Å²) in [5.41, 5.74) is 0.763. The number of ketones is 1. The number of hydrogen-bond donors (Lipinski definition) is 0. The van der Waals surface area contributed by atoms with Gasteiger partial charge < -0.3 is 0 Å². The molecule has 0 saturated heterocycles. The van der Waals surface area contributed by atoms with Crippen molar-refractivity contribution in [1.29, 1.82) is 0 Å². The second-order valence-electron chi connectivity index (χ2n) is 3.30. The normalized spacial score (nSPS) is 10.3. The van der Waals surface area contributed by atoms with Crippen LogP contribution in [0.1, 0.15) is 22.3 Å². The summed E-state index contributed by atoms with van der Waals surface area (Å²) < 4.78 is 0. The molecule has 16 heavy (non-hydrogen) atoms. The van der Waals surface area contributed by atoms with E-state index in [0.29, 0.717) is 0 Å². The number of Topliss-reactive ketones (excluding diaryl/α,β-unsaturated/α-hetero) is 1. The minimum absolute atomic E-state index is 0.108. The van der Waals surface area contributed by atoms with Gasteiger partial charge >= 0.3 is 0 Å². The predicted octanol–water partition coefficient (Wildman–Crippen LogP) is 3.64. The first-order chi connectivity index (χ1) is 7.75. The van der Waals surface area contributed by atoms with Gasteiger partial charge in [0, 0.05) is 22.0 Å². The minimum atomic E-state index is 0.108. The van der Waals surface area contributed by atoms with Gasteiger partial charge in [0.2, 0.25) is 0 Å². The molecule has 0 amide bonds. The molecule has 0 atom stereocenters. The highest BCUT2D eigenvalue weighted by molar-refractivity contribution is 7.98. The molecule has 1 aromatic heterocycles. The van der Waals surface area contributed by atoms with E-state index < -0.39 is 0 Å². The minimum Gasteiger partial charge on any atom is -0.295 e. The van der Waals surface area contributed by atoms with Crippen molar-refractivity contribution in [2.45, 2.75) is 17.6 Å². The third-order valence-electron chi connectivity index (χ3n) is 2.11. The van der Waals surface area contributed by atoms with Gasteiger partial charge in [-0.1, -0.05) is 12.1 Å². The molecule has 0 fully saturated rings. The lowest BCUT2D eigenvalue weighted by atomic mass is 10.2. The fourth-order valence-electron chi connectivity index (χ4n) is 1.26. The number of thioether (sulfide) groups is 1. The van der Waals surface area contributed by atoms with Gasteiger partial charge in [-0.2, -0.15) is 0 Å². The highest BCUT2D eigenvalue weighted by Gasteiger charge is 2.01. The van der Waals surface area contributed by atoms with Crippen molar-refractivity contribution in [3.05, 3.63) is 46.4 Å². The fourth-order valence-corrected chi connectivity index (χ4v) is 2.80. The molecule has 0 aliphatic carbocycles. The van der Waals surface area contributed by atoms with Crippen molar-refractivity contribution in [3.8, 4) is 0 Å². The van der Waals surface area contributed by atoms with Gasteiger partial charge in [0.15, 0.2) is 5.78 Å². The van der Waals surface area contributed by atoms with E-state index in [2.05, 4.69) is 4.98 Å². The third-order valence-corrected chi connectivity index (χ3v) is 4.09. The van der Waals surface area contributed by atoms with Gasteiger partial charge in [-0.15, -0.1) is 23.1 Å². The summed E-state index contributed by atoms with van der Waals surface area (Å²) in [4.78, 5) is 16.5. The Kier molecular flexibility index (Phi) is 3.74. The quantitative estimate of drug-likeness (QED) is 0.612. The lowest BCUT2D eigenvalue weighted by Crippen LogP contribution is -1.90. The third kappa shape index (κ3) is 2.93. The van der Waals surface area contributed by atoms with E-state index in [1.165, 1.54) is 4.90 Å². The van der Waals surface area contributed by atoms with E-state index in [1.807, 2.05) is 35.8 Å². The van der Waals surface area contributed by atoms with E-state index in [0.717, 1.165) is 16.3 Å². The zero-order valence-corrected chi connectivity index (χ0v) is 10.5. The van der Waals surface area contributed by atoms with Gasteiger partial charge in [0.25, 0.3) is 0 Å². The average molecular weight is 249 g/mol. The zero-order valence-electron chi connectivity index (χ0n) is 8.84. The second-order valence-corrected chi connectivity index (χ2v) is 5.32. The van der Waals surface area contributed by atoms with Crippen molar-refractivity contribution in [2.75, 3.05) is 0 Å². The van der Waals surface area contributed by atoms with Crippen molar-refractivity contribution < 1.29 is 4.79 Å². The van der Waals surface area contributed by atoms with Crippen LogP contribution in [0.5, 0.6) is 0 Å². The highest BCUT2D eigenvalue weighted by Crippen LogP contribution is 2.23. The predicted molar refractivity (Wildman–Crippen MR) is 68.1 cm³/mol. The molecule has 1 heterocycles. The summed E-state index contributed by atoms with van der Waals surface area (Å²) >= 11 is 3.40. The lowest BCUT2D eigenvalue weighted by Gasteiger charge is -2.00. The first-order valence-corrected chi connectivity index (χ1v) is 6.74. The van der Waals surface area contributed by atoms with E-state index in [9.17, 15) is 4.79 Å². The molecule has 0 aliphatic heterocycles. The van der Waals surface area contributed by atoms with E-state index >= 15 is 0 Å². The molecule has 1 aromatic carbocycles. The van der Waals surface area contributed by atoms with Crippen molar-refractivity contribution >= 4 is 28.9 Å². The Morgan fingerprint density at radius 3 is 2.69 bits per heavy atom. The second kappa shape index (κ2) is 5.27. The Labute approximate surface area is 103 Å². The maximum atomic E-state index is 11.1. The Hall–Kier alpha value is -1.13. The molecule has 0 N–H and O–H groups in total. The number of thiazole rings is 1. The molecule has 82 valence electrons. The lowest BCUT2D eigenvalue weighted by molar-refractivity contribution is 0.101. The van der Waals surface area contributed by atoms with Crippen LogP contribution in [0.4, 0.5) is 0 Å². The summed E-state index contributed by atoms with van der Waals surface area (Å²) in [7, 11) is 0. The van der Waals surface area contributed by atoms with Crippen molar-refractivity contribution in [2.24, 2.45) is 0 Å². The number of nitrogens with zero attached hydrogens (tertiary/aromatic N) is 1. The van der Waals surface area contributed by atoms with Crippen LogP contribution >= 0.6 is 23.1 Å². The zero-order chi connectivity index (χ0) is 11.4. The Morgan fingerprint density at radius 2 is 2.12 bits per heavy atom. The fraction of sp³-hybridized carbons (Fsp3) is 0.167. The van der Waals surface area contributed by atoms with Crippen LogP contribution in [0.2, 0.25) is 0 Å². The van der Waals surface area contributed by atoms with E-state index in [-0.39, 0.29) is 5.78 Å².